The maximum Gasteiger partial charge on any atom is 0.178 e. The number of aliphatic hydroxyl groups is 1. The van der Waals surface area contributed by atoms with Gasteiger partial charge in [0.25, 0.3) is 0 Å². The highest BCUT2D eigenvalue weighted by molar-refractivity contribution is 5.83. The number of hydrogen-bond donors (Lipinski definition) is 1. The molecule has 2 nitrogen and oxygen atoms in total. The molecule has 2 heteroatoms. The molecule has 1 aliphatic rings. The minimum absolute atomic E-state index is 0.521. The van der Waals surface area contributed by atoms with Crippen molar-refractivity contribution in [3.05, 3.63) is 95.1 Å². The second kappa shape index (κ2) is 5.49. The summed E-state index contributed by atoms with van der Waals surface area (Å²) in [6, 6.07) is 22.6. The Hall–Kier alpha value is -3.15. The lowest BCUT2D eigenvalue weighted by Gasteiger charge is -2.18. The van der Waals surface area contributed by atoms with Gasteiger partial charge in [-0.15, -0.1) is 0 Å². The van der Waals surface area contributed by atoms with E-state index in [2.05, 4.69) is 11.8 Å². The molecule has 0 radical (unpaired) electrons. The van der Waals surface area contributed by atoms with Crippen LogP contribution in [0.4, 0.5) is 0 Å². The van der Waals surface area contributed by atoms with Crippen LogP contribution in [0.2, 0.25) is 0 Å². The van der Waals surface area contributed by atoms with Crippen molar-refractivity contribution in [3.8, 4) is 23.0 Å². The van der Waals surface area contributed by atoms with Gasteiger partial charge in [-0.05, 0) is 17.2 Å². The van der Waals surface area contributed by atoms with Crippen molar-refractivity contribution in [3.63, 3.8) is 0 Å². The summed E-state index contributed by atoms with van der Waals surface area (Å²) in [4.78, 5) is 11.2. The summed E-state index contributed by atoms with van der Waals surface area (Å²) in [6.07, 6.45) is 0.782. The van der Waals surface area contributed by atoms with E-state index in [0.29, 0.717) is 11.1 Å². The molecule has 0 unspecified atom stereocenters. The Morgan fingerprint density at radius 1 is 0.792 bits per heavy atom. The van der Waals surface area contributed by atoms with Crippen molar-refractivity contribution in [1.82, 2.24) is 0 Å². The lowest BCUT2D eigenvalue weighted by Crippen LogP contribution is -2.22. The molecule has 0 aromatic heterocycles. The lowest BCUT2D eigenvalue weighted by molar-refractivity contribution is 0.112. The first kappa shape index (κ1) is 14.4. The van der Waals surface area contributed by atoms with Gasteiger partial charge in [0.1, 0.15) is 0 Å². The number of carbonyl (C=O) groups is 1. The molecule has 3 aromatic rings. The standard InChI is InChI=1S/C22H14O2/c23-15-17-8-2-1-7-16(17)13-14-22(24)20-11-5-3-9-18(20)19-10-4-6-12-21(19)22/h1-12,15,24H. The van der Waals surface area contributed by atoms with Gasteiger partial charge in [-0.2, -0.15) is 0 Å². The third kappa shape index (κ3) is 2.07. The van der Waals surface area contributed by atoms with Gasteiger partial charge in [-0.3, -0.25) is 4.79 Å². The molecule has 24 heavy (non-hydrogen) atoms. The zero-order valence-corrected chi connectivity index (χ0v) is 12.9. The fraction of sp³-hybridized carbons (Fsp3) is 0.0455. The van der Waals surface area contributed by atoms with E-state index in [1.165, 1.54) is 0 Å². The van der Waals surface area contributed by atoms with Crippen LogP contribution < -0.4 is 0 Å². The molecule has 0 amide bonds. The summed E-state index contributed by atoms with van der Waals surface area (Å²) in [7, 11) is 0. The predicted molar refractivity (Wildman–Crippen MR) is 93.6 cm³/mol. The summed E-state index contributed by atoms with van der Waals surface area (Å²) >= 11 is 0. The Morgan fingerprint density at radius 3 is 1.96 bits per heavy atom. The zero-order chi connectivity index (χ0) is 16.6. The van der Waals surface area contributed by atoms with Crippen molar-refractivity contribution >= 4 is 6.29 Å². The normalized spacial score (nSPS) is 13.4. The van der Waals surface area contributed by atoms with Crippen LogP contribution in [0.5, 0.6) is 0 Å². The third-order valence-electron chi connectivity index (χ3n) is 4.39. The number of benzene rings is 3. The molecule has 0 aliphatic heterocycles. The van der Waals surface area contributed by atoms with Crippen molar-refractivity contribution < 1.29 is 9.90 Å². The molecule has 1 N–H and O–H groups in total. The molecule has 4 rings (SSSR count). The summed E-state index contributed by atoms with van der Waals surface area (Å²) in [5.41, 5.74) is 3.31. The summed E-state index contributed by atoms with van der Waals surface area (Å²) in [5, 5.41) is 11.4. The van der Waals surface area contributed by atoms with E-state index in [4.69, 9.17) is 0 Å². The molecule has 0 fully saturated rings. The van der Waals surface area contributed by atoms with Crippen LogP contribution in [-0.4, -0.2) is 11.4 Å². The van der Waals surface area contributed by atoms with Crippen LogP contribution >= 0.6 is 0 Å². The van der Waals surface area contributed by atoms with Crippen molar-refractivity contribution in [2.75, 3.05) is 0 Å². The van der Waals surface area contributed by atoms with Crippen LogP contribution in [0.25, 0.3) is 11.1 Å². The van der Waals surface area contributed by atoms with Gasteiger partial charge in [0.05, 0.1) is 0 Å². The number of aldehydes is 1. The number of hydrogen-bond acceptors (Lipinski definition) is 2. The minimum atomic E-state index is -1.37. The summed E-state index contributed by atoms with van der Waals surface area (Å²) < 4.78 is 0. The molecular weight excluding hydrogens is 296 g/mol. The molecule has 0 spiro atoms. The fourth-order valence-electron chi connectivity index (χ4n) is 3.22. The Kier molecular flexibility index (Phi) is 3.30. The average Bonchev–Trinajstić information content (AvgIpc) is 2.91. The van der Waals surface area contributed by atoms with Crippen molar-refractivity contribution in [1.29, 1.82) is 0 Å². The highest BCUT2D eigenvalue weighted by atomic mass is 16.3. The maximum absolute atomic E-state index is 11.4. The Bertz CT molecular complexity index is 960. The monoisotopic (exact) mass is 310 g/mol. The highest BCUT2D eigenvalue weighted by Crippen LogP contribution is 2.46. The molecule has 0 bridgehead atoms. The van der Waals surface area contributed by atoms with Gasteiger partial charge in [-0.1, -0.05) is 78.6 Å². The van der Waals surface area contributed by atoms with Crippen LogP contribution in [-0.2, 0) is 5.60 Å². The van der Waals surface area contributed by atoms with E-state index < -0.39 is 5.60 Å². The highest BCUT2D eigenvalue weighted by Gasteiger charge is 2.39. The molecule has 3 aromatic carbocycles. The van der Waals surface area contributed by atoms with Crippen LogP contribution in [0.1, 0.15) is 27.0 Å². The number of fused-ring (bicyclic) bond motifs is 3. The van der Waals surface area contributed by atoms with Gasteiger partial charge in [0.15, 0.2) is 11.9 Å². The maximum atomic E-state index is 11.4. The van der Waals surface area contributed by atoms with E-state index in [-0.39, 0.29) is 0 Å². The Morgan fingerprint density at radius 2 is 1.33 bits per heavy atom. The molecule has 114 valence electrons. The van der Waals surface area contributed by atoms with Crippen molar-refractivity contribution in [2.24, 2.45) is 0 Å². The smallest absolute Gasteiger partial charge is 0.178 e. The third-order valence-corrected chi connectivity index (χ3v) is 4.39. The van der Waals surface area contributed by atoms with Gasteiger partial charge in [0.2, 0.25) is 0 Å². The molecule has 0 heterocycles. The molecule has 0 atom stereocenters. The molecule has 1 aliphatic carbocycles. The minimum Gasteiger partial charge on any atom is -0.369 e. The lowest BCUT2D eigenvalue weighted by atomic mass is 9.91. The second-order valence-electron chi connectivity index (χ2n) is 5.76. The molecule has 0 saturated carbocycles. The zero-order valence-electron chi connectivity index (χ0n) is 12.9. The molecular formula is C22H14O2. The van der Waals surface area contributed by atoms with E-state index >= 15 is 0 Å². The number of rotatable bonds is 1. The fourth-order valence-corrected chi connectivity index (χ4v) is 3.22. The average molecular weight is 310 g/mol. The Labute approximate surface area is 140 Å². The van der Waals surface area contributed by atoms with Gasteiger partial charge >= 0.3 is 0 Å². The second-order valence-corrected chi connectivity index (χ2v) is 5.76. The first-order valence-electron chi connectivity index (χ1n) is 7.73. The van der Waals surface area contributed by atoms with E-state index in [9.17, 15) is 9.90 Å². The van der Waals surface area contributed by atoms with Crippen molar-refractivity contribution in [2.45, 2.75) is 5.60 Å². The van der Waals surface area contributed by atoms with Crippen LogP contribution in [0.3, 0.4) is 0 Å². The first-order valence-corrected chi connectivity index (χ1v) is 7.73. The predicted octanol–water partition coefficient (Wildman–Crippen LogP) is 3.77. The van der Waals surface area contributed by atoms with E-state index in [1.807, 2.05) is 54.6 Å². The first-order chi connectivity index (χ1) is 11.7. The SMILES string of the molecule is O=Cc1ccccc1C#CC1(O)c2ccccc2-c2ccccc21. The summed E-state index contributed by atoms with van der Waals surface area (Å²) in [6.45, 7) is 0. The number of carbonyl (C=O) groups excluding carboxylic acids is 1. The van der Waals surface area contributed by atoms with Crippen LogP contribution in [0, 0.1) is 11.8 Å². The summed E-state index contributed by atoms with van der Waals surface area (Å²) in [5.74, 6) is 6.01. The topological polar surface area (TPSA) is 37.3 Å². The largest absolute Gasteiger partial charge is 0.369 e. The van der Waals surface area contributed by atoms with E-state index in [1.54, 1.807) is 18.2 Å². The van der Waals surface area contributed by atoms with Crippen LogP contribution in [0.15, 0.2) is 72.8 Å². The van der Waals surface area contributed by atoms with E-state index in [0.717, 1.165) is 28.5 Å². The van der Waals surface area contributed by atoms with Gasteiger partial charge in [0, 0.05) is 22.3 Å². The quantitative estimate of drug-likeness (QED) is 0.549. The molecule has 0 saturated heterocycles. The van der Waals surface area contributed by atoms with Gasteiger partial charge in [-0.25, -0.2) is 0 Å². The van der Waals surface area contributed by atoms with Gasteiger partial charge < -0.3 is 5.11 Å². The Balaban J connectivity index is 1.92.